The second kappa shape index (κ2) is 9.04. The van der Waals surface area contributed by atoms with Crippen LogP contribution < -0.4 is 15.7 Å². The zero-order chi connectivity index (χ0) is 19.2. The molecule has 1 heterocycles. The van der Waals surface area contributed by atoms with Crippen molar-refractivity contribution < 1.29 is 18.7 Å². The average molecular weight is 392 g/mol. The van der Waals surface area contributed by atoms with Crippen molar-refractivity contribution in [2.75, 3.05) is 5.88 Å². The maximum Gasteiger partial charge on any atom is 0.349 e. The van der Waals surface area contributed by atoms with E-state index in [-0.39, 0.29) is 29.4 Å². The third-order valence-electron chi connectivity index (χ3n) is 4.64. The lowest BCUT2D eigenvalue weighted by atomic mass is 9.95. The highest BCUT2D eigenvalue weighted by atomic mass is 35.5. The van der Waals surface area contributed by atoms with Crippen molar-refractivity contribution in [1.82, 2.24) is 5.32 Å². The Kier molecular flexibility index (Phi) is 6.50. The molecule has 0 unspecified atom stereocenters. The Morgan fingerprint density at radius 1 is 1.19 bits per heavy atom. The number of rotatable bonds is 6. The minimum atomic E-state index is -0.707. The van der Waals surface area contributed by atoms with Crippen molar-refractivity contribution in [1.29, 1.82) is 0 Å². The van der Waals surface area contributed by atoms with Crippen LogP contribution in [-0.2, 0) is 4.79 Å². The van der Waals surface area contributed by atoms with Gasteiger partial charge in [0.1, 0.15) is 16.9 Å². The van der Waals surface area contributed by atoms with Crippen LogP contribution in [0.4, 0.5) is 0 Å². The van der Waals surface area contributed by atoms with Gasteiger partial charge in [-0.1, -0.05) is 19.3 Å². The molecule has 0 bridgehead atoms. The first-order valence-corrected chi connectivity index (χ1v) is 9.75. The normalized spacial score (nSPS) is 14.9. The molecular formula is C20H22ClNO5. The number of nitrogens with one attached hydrogen (secondary N) is 1. The fourth-order valence-electron chi connectivity index (χ4n) is 3.22. The fraction of sp³-hybridized carbons (Fsp3) is 0.450. The maximum atomic E-state index is 12.4. The zero-order valence-corrected chi connectivity index (χ0v) is 15.7. The molecule has 0 atom stereocenters. The smallest absolute Gasteiger partial charge is 0.349 e. The summed E-state index contributed by atoms with van der Waals surface area (Å²) in [5.74, 6) is -0.146. The number of amides is 1. The molecule has 1 aromatic carbocycles. The molecule has 144 valence electrons. The molecule has 27 heavy (non-hydrogen) atoms. The number of hydrogen-bond donors (Lipinski definition) is 1. The van der Waals surface area contributed by atoms with E-state index in [0.29, 0.717) is 17.7 Å². The number of benzene rings is 1. The molecule has 0 saturated heterocycles. The zero-order valence-electron chi connectivity index (χ0n) is 15.0. The summed E-state index contributed by atoms with van der Waals surface area (Å²) in [6.45, 7) is 0. The van der Waals surface area contributed by atoms with Gasteiger partial charge in [0.15, 0.2) is 0 Å². The molecule has 1 fully saturated rings. The van der Waals surface area contributed by atoms with E-state index in [0.717, 1.165) is 25.7 Å². The molecule has 0 aliphatic heterocycles. The highest BCUT2D eigenvalue weighted by Gasteiger charge is 2.20. The monoisotopic (exact) mass is 391 g/mol. The third kappa shape index (κ3) is 5.10. The van der Waals surface area contributed by atoms with Gasteiger partial charge in [-0.15, -0.1) is 11.6 Å². The molecule has 1 N–H and O–H groups in total. The van der Waals surface area contributed by atoms with Gasteiger partial charge in [-0.25, -0.2) is 4.79 Å². The number of hydrogen-bond acceptors (Lipinski definition) is 5. The van der Waals surface area contributed by atoms with E-state index in [2.05, 4.69) is 5.32 Å². The first kappa shape index (κ1) is 19.4. The number of fused-ring (bicyclic) bond motifs is 1. The average Bonchev–Trinajstić information content (AvgIpc) is 2.66. The SMILES string of the molecule is O=C(CCCCl)Oc1ccc2cc(C(=O)NC3CCCCC3)c(=O)oc2c1. The maximum absolute atomic E-state index is 12.4. The number of halogens is 1. The van der Waals surface area contributed by atoms with Crippen molar-refractivity contribution in [3.8, 4) is 5.75 Å². The van der Waals surface area contributed by atoms with Gasteiger partial charge in [0.25, 0.3) is 5.91 Å². The van der Waals surface area contributed by atoms with Crippen molar-refractivity contribution in [2.24, 2.45) is 0 Å². The molecule has 0 radical (unpaired) electrons. The summed E-state index contributed by atoms with van der Waals surface area (Å²) in [5.41, 5.74) is -0.460. The highest BCUT2D eigenvalue weighted by molar-refractivity contribution is 6.17. The number of carbonyl (C=O) groups excluding carboxylic acids is 2. The Morgan fingerprint density at radius 2 is 1.96 bits per heavy atom. The van der Waals surface area contributed by atoms with Gasteiger partial charge in [-0.3, -0.25) is 9.59 Å². The highest BCUT2D eigenvalue weighted by Crippen LogP contribution is 2.22. The number of ether oxygens (including phenoxy) is 1. The second-order valence-electron chi connectivity index (χ2n) is 6.72. The lowest BCUT2D eigenvalue weighted by Crippen LogP contribution is -2.38. The van der Waals surface area contributed by atoms with E-state index in [9.17, 15) is 14.4 Å². The Labute approximate surface area is 161 Å². The molecular weight excluding hydrogens is 370 g/mol. The molecule has 6 nitrogen and oxygen atoms in total. The van der Waals surface area contributed by atoms with Crippen LogP contribution in [0, 0.1) is 0 Å². The van der Waals surface area contributed by atoms with Crippen LogP contribution >= 0.6 is 11.6 Å². The Balaban J connectivity index is 1.76. The first-order valence-electron chi connectivity index (χ1n) is 9.22. The minimum absolute atomic E-state index is 0.0140. The van der Waals surface area contributed by atoms with Crippen LogP contribution in [0.25, 0.3) is 11.0 Å². The van der Waals surface area contributed by atoms with E-state index >= 15 is 0 Å². The topological polar surface area (TPSA) is 85.6 Å². The van der Waals surface area contributed by atoms with Gasteiger partial charge in [-0.2, -0.15) is 0 Å². The van der Waals surface area contributed by atoms with Crippen LogP contribution in [0.3, 0.4) is 0 Å². The third-order valence-corrected chi connectivity index (χ3v) is 4.91. The predicted octanol–water partition coefficient (Wildman–Crippen LogP) is 3.78. The Hall–Kier alpha value is -2.34. The van der Waals surface area contributed by atoms with Gasteiger partial charge in [0.05, 0.1) is 0 Å². The van der Waals surface area contributed by atoms with Gasteiger partial charge in [0.2, 0.25) is 0 Å². The molecule has 2 aromatic rings. The largest absolute Gasteiger partial charge is 0.426 e. The lowest BCUT2D eigenvalue weighted by molar-refractivity contribution is -0.134. The van der Waals surface area contributed by atoms with E-state index in [1.165, 1.54) is 18.6 Å². The first-order chi connectivity index (χ1) is 13.1. The molecule has 1 aliphatic rings. The van der Waals surface area contributed by atoms with Crippen molar-refractivity contribution in [3.63, 3.8) is 0 Å². The van der Waals surface area contributed by atoms with Gasteiger partial charge in [-0.05, 0) is 37.5 Å². The van der Waals surface area contributed by atoms with E-state index in [1.54, 1.807) is 12.1 Å². The number of esters is 1. The van der Waals surface area contributed by atoms with Crippen LogP contribution in [0.1, 0.15) is 55.3 Å². The van der Waals surface area contributed by atoms with Crippen molar-refractivity contribution in [2.45, 2.75) is 51.0 Å². The van der Waals surface area contributed by atoms with Gasteiger partial charge in [0, 0.05) is 29.8 Å². The molecule has 1 aromatic heterocycles. The van der Waals surface area contributed by atoms with Crippen molar-refractivity contribution in [3.05, 3.63) is 40.2 Å². The quantitative estimate of drug-likeness (QED) is 0.350. The van der Waals surface area contributed by atoms with Crippen LogP contribution in [0.5, 0.6) is 5.75 Å². The summed E-state index contributed by atoms with van der Waals surface area (Å²) in [5, 5.41) is 3.51. The lowest BCUT2D eigenvalue weighted by Gasteiger charge is -2.22. The Bertz CT molecular complexity index is 886. The summed E-state index contributed by atoms with van der Waals surface area (Å²) in [7, 11) is 0. The van der Waals surface area contributed by atoms with Crippen LogP contribution in [-0.4, -0.2) is 23.8 Å². The van der Waals surface area contributed by atoms with E-state index in [1.807, 2.05) is 0 Å². The van der Waals surface area contributed by atoms with Crippen molar-refractivity contribution >= 4 is 34.4 Å². The molecule has 3 rings (SSSR count). The second-order valence-corrected chi connectivity index (χ2v) is 7.10. The van der Waals surface area contributed by atoms with E-state index in [4.69, 9.17) is 20.8 Å². The number of carbonyl (C=O) groups is 2. The molecule has 7 heteroatoms. The summed E-state index contributed by atoms with van der Waals surface area (Å²) >= 11 is 5.56. The fourth-order valence-corrected chi connectivity index (χ4v) is 3.35. The molecule has 0 spiro atoms. The molecule has 1 saturated carbocycles. The van der Waals surface area contributed by atoms with Crippen LogP contribution in [0.15, 0.2) is 33.5 Å². The van der Waals surface area contributed by atoms with Gasteiger partial charge < -0.3 is 14.5 Å². The standard InChI is InChI=1S/C20H22ClNO5/c21-10-4-7-18(23)26-15-9-8-13-11-16(20(25)27-17(13)12-15)19(24)22-14-5-2-1-3-6-14/h8-9,11-12,14H,1-7,10H2,(H,22,24). The summed E-state index contributed by atoms with van der Waals surface area (Å²) < 4.78 is 10.5. The Morgan fingerprint density at radius 3 is 2.70 bits per heavy atom. The predicted molar refractivity (Wildman–Crippen MR) is 102 cm³/mol. The number of alkyl halides is 1. The molecule has 1 amide bonds. The van der Waals surface area contributed by atoms with E-state index < -0.39 is 17.5 Å². The summed E-state index contributed by atoms with van der Waals surface area (Å²) in [6.07, 6.45) is 5.97. The summed E-state index contributed by atoms with van der Waals surface area (Å²) in [6, 6.07) is 6.34. The van der Waals surface area contributed by atoms with Gasteiger partial charge >= 0.3 is 11.6 Å². The molecule has 1 aliphatic carbocycles. The summed E-state index contributed by atoms with van der Waals surface area (Å²) in [4.78, 5) is 36.4. The minimum Gasteiger partial charge on any atom is -0.426 e. The van der Waals surface area contributed by atoms with Crippen LogP contribution in [0.2, 0.25) is 0 Å².